The second kappa shape index (κ2) is 7.85. The van der Waals surface area contributed by atoms with Gasteiger partial charge in [0, 0.05) is 26.0 Å². The summed E-state index contributed by atoms with van der Waals surface area (Å²) in [5, 5.41) is 10.2. The topological polar surface area (TPSA) is 89.4 Å². The van der Waals surface area contributed by atoms with Crippen molar-refractivity contribution in [2.24, 2.45) is 5.92 Å². The molecule has 1 aromatic heterocycles. The molecule has 0 aromatic carbocycles. The van der Waals surface area contributed by atoms with E-state index in [4.69, 9.17) is 4.74 Å². The van der Waals surface area contributed by atoms with Crippen LogP contribution >= 0.6 is 0 Å². The maximum absolute atomic E-state index is 13.8. The Morgan fingerprint density at radius 2 is 2.20 bits per heavy atom. The first-order valence-electron chi connectivity index (χ1n) is 8.09. The zero-order chi connectivity index (χ0) is 18.6. The highest BCUT2D eigenvalue weighted by Gasteiger charge is 2.47. The van der Waals surface area contributed by atoms with Crippen LogP contribution in [-0.4, -0.2) is 70.5 Å². The highest BCUT2D eigenvalue weighted by Crippen LogP contribution is 2.33. The first-order valence-corrected chi connectivity index (χ1v) is 8.09. The monoisotopic (exact) mass is 359 g/mol. The number of carbonyl (C=O) groups excluding carboxylic acids is 2. The van der Waals surface area contributed by atoms with Gasteiger partial charge in [0.2, 0.25) is 5.91 Å². The predicted octanol–water partition coefficient (Wildman–Crippen LogP) is 0.546. The van der Waals surface area contributed by atoms with Gasteiger partial charge in [-0.1, -0.05) is 19.1 Å². The van der Waals surface area contributed by atoms with Gasteiger partial charge >= 0.3 is 0 Å². The fourth-order valence-electron chi connectivity index (χ4n) is 2.72. The molecule has 1 aliphatic heterocycles. The number of aromatic nitrogens is 3. The number of methoxy groups -OCH3 is 1. The van der Waals surface area contributed by atoms with Gasteiger partial charge in [0.15, 0.2) is 5.69 Å². The third-order valence-corrected chi connectivity index (χ3v) is 3.91. The van der Waals surface area contributed by atoms with E-state index < -0.39 is 30.8 Å². The number of hydrogen-bond acceptors (Lipinski definition) is 5. The molecule has 2 rings (SSSR count). The highest BCUT2D eigenvalue weighted by atomic mass is 19.3. The Morgan fingerprint density at radius 3 is 2.84 bits per heavy atom. The van der Waals surface area contributed by atoms with Crippen LogP contribution in [0.4, 0.5) is 8.78 Å². The standard InChI is InChI=1S/C15H23F2N5O3/c1-10(2)14(24)22-9-15(16,17)6-11(22)7-21-8-12(19-20-21)13(23)18-4-5-25-3/h8,10-11H,4-7,9H2,1-3H3,(H,18,23)/t11-/m0/s1. The SMILES string of the molecule is COCCNC(=O)c1cn(C[C@@H]2CC(F)(F)CN2C(=O)C(C)C)nn1. The summed E-state index contributed by atoms with van der Waals surface area (Å²) < 4.78 is 33.7. The Labute approximate surface area is 144 Å². The first kappa shape index (κ1) is 19.2. The second-order valence-electron chi connectivity index (χ2n) is 6.41. The Morgan fingerprint density at radius 1 is 1.48 bits per heavy atom. The Kier molecular flexibility index (Phi) is 6.04. The molecule has 1 saturated heterocycles. The molecule has 25 heavy (non-hydrogen) atoms. The van der Waals surface area contributed by atoms with Crippen LogP contribution in [0.5, 0.6) is 0 Å². The van der Waals surface area contributed by atoms with Crippen molar-refractivity contribution < 1.29 is 23.1 Å². The molecule has 140 valence electrons. The minimum Gasteiger partial charge on any atom is -0.383 e. The van der Waals surface area contributed by atoms with Crippen molar-refractivity contribution in [3.05, 3.63) is 11.9 Å². The highest BCUT2D eigenvalue weighted by molar-refractivity contribution is 5.91. The van der Waals surface area contributed by atoms with Crippen LogP contribution in [0.25, 0.3) is 0 Å². The number of nitrogens with one attached hydrogen (secondary N) is 1. The molecule has 1 aromatic rings. The van der Waals surface area contributed by atoms with E-state index in [1.807, 2.05) is 0 Å². The molecule has 0 unspecified atom stereocenters. The molecule has 0 radical (unpaired) electrons. The lowest BCUT2D eigenvalue weighted by atomic mass is 10.1. The summed E-state index contributed by atoms with van der Waals surface area (Å²) in [5.74, 6) is -4.03. The van der Waals surface area contributed by atoms with Crippen LogP contribution in [0.15, 0.2) is 6.20 Å². The van der Waals surface area contributed by atoms with Gasteiger partial charge in [-0.3, -0.25) is 9.59 Å². The lowest BCUT2D eigenvalue weighted by Gasteiger charge is -2.25. The summed E-state index contributed by atoms with van der Waals surface area (Å²) in [6, 6.07) is -0.684. The normalized spacial score (nSPS) is 19.4. The minimum absolute atomic E-state index is 0.0619. The van der Waals surface area contributed by atoms with Crippen LogP contribution in [0.1, 0.15) is 30.8 Å². The fraction of sp³-hybridized carbons (Fsp3) is 0.733. The average Bonchev–Trinajstić information content (AvgIpc) is 3.11. The van der Waals surface area contributed by atoms with Crippen molar-refractivity contribution in [2.45, 2.75) is 38.8 Å². The lowest BCUT2D eigenvalue weighted by Crippen LogP contribution is -2.41. The summed E-state index contributed by atoms with van der Waals surface area (Å²) in [7, 11) is 1.52. The van der Waals surface area contributed by atoms with Gasteiger partial charge in [-0.25, -0.2) is 13.5 Å². The van der Waals surface area contributed by atoms with Crippen LogP contribution in [-0.2, 0) is 16.1 Å². The number of ether oxygens (including phenoxy) is 1. The molecular formula is C15H23F2N5O3. The molecule has 2 amide bonds. The van der Waals surface area contributed by atoms with E-state index in [1.54, 1.807) is 13.8 Å². The Balaban J connectivity index is 2.03. The molecular weight excluding hydrogens is 336 g/mol. The Hall–Kier alpha value is -2.10. The van der Waals surface area contributed by atoms with Gasteiger partial charge in [-0.2, -0.15) is 0 Å². The molecule has 1 N–H and O–H groups in total. The van der Waals surface area contributed by atoms with Crippen molar-refractivity contribution in [1.82, 2.24) is 25.2 Å². The molecule has 1 fully saturated rings. The van der Waals surface area contributed by atoms with E-state index in [1.165, 1.54) is 22.9 Å². The van der Waals surface area contributed by atoms with Crippen molar-refractivity contribution in [1.29, 1.82) is 0 Å². The number of carbonyl (C=O) groups is 2. The number of hydrogen-bond donors (Lipinski definition) is 1. The number of nitrogens with zero attached hydrogens (tertiary/aromatic N) is 4. The number of likely N-dealkylation sites (tertiary alicyclic amines) is 1. The van der Waals surface area contributed by atoms with E-state index in [9.17, 15) is 18.4 Å². The number of rotatable bonds is 7. The van der Waals surface area contributed by atoms with Crippen molar-refractivity contribution >= 4 is 11.8 Å². The van der Waals surface area contributed by atoms with E-state index in [0.29, 0.717) is 13.2 Å². The third-order valence-electron chi connectivity index (χ3n) is 3.91. The fourth-order valence-corrected chi connectivity index (χ4v) is 2.72. The average molecular weight is 359 g/mol. The maximum atomic E-state index is 13.8. The lowest BCUT2D eigenvalue weighted by molar-refractivity contribution is -0.136. The smallest absolute Gasteiger partial charge is 0.273 e. The third kappa shape index (κ3) is 4.94. The van der Waals surface area contributed by atoms with E-state index >= 15 is 0 Å². The summed E-state index contributed by atoms with van der Waals surface area (Å²) >= 11 is 0. The van der Waals surface area contributed by atoms with Crippen molar-refractivity contribution in [3.63, 3.8) is 0 Å². The van der Waals surface area contributed by atoms with Gasteiger partial charge in [0.25, 0.3) is 11.8 Å². The molecule has 10 heteroatoms. The molecule has 0 saturated carbocycles. The van der Waals surface area contributed by atoms with Crippen molar-refractivity contribution in [2.75, 3.05) is 26.8 Å². The molecule has 1 aliphatic rings. The first-order chi connectivity index (χ1) is 11.7. The van der Waals surface area contributed by atoms with E-state index in [2.05, 4.69) is 15.6 Å². The van der Waals surface area contributed by atoms with Crippen LogP contribution in [0.2, 0.25) is 0 Å². The largest absolute Gasteiger partial charge is 0.383 e. The van der Waals surface area contributed by atoms with Gasteiger partial charge in [-0.15, -0.1) is 5.10 Å². The van der Waals surface area contributed by atoms with E-state index in [-0.39, 0.29) is 24.1 Å². The minimum atomic E-state index is -2.92. The predicted molar refractivity (Wildman–Crippen MR) is 84.1 cm³/mol. The zero-order valence-electron chi connectivity index (χ0n) is 14.5. The molecule has 0 aliphatic carbocycles. The summed E-state index contributed by atoms with van der Waals surface area (Å²) in [6.07, 6.45) is 0.956. The second-order valence-corrected chi connectivity index (χ2v) is 6.41. The number of halogens is 2. The van der Waals surface area contributed by atoms with Crippen LogP contribution in [0, 0.1) is 5.92 Å². The van der Waals surface area contributed by atoms with Crippen molar-refractivity contribution in [3.8, 4) is 0 Å². The summed E-state index contributed by atoms with van der Waals surface area (Å²) in [4.78, 5) is 25.2. The van der Waals surface area contributed by atoms with E-state index in [0.717, 1.165) is 0 Å². The van der Waals surface area contributed by atoms with Gasteiger partial charge in [-0.05, 0) is 0 Å². The molecule has 8 nitrogen and oxygen atoms in total. The number of alkyl halides is 2. The summed E-state index contributed by atoms with van der Waals surface area (Å²) in [5.41, 5.74) is 0.0857. The van der Waals surface area contributed by atoms with Crippen LogP contribution in [0.3, 0.4) is 0 Å². The Bertz CT molecular complexity index is 620. The molecule has 2 heterocycles. The van der Waals surface area contributed by atoms with Gasteiger partial charge in [0.1, 0.15) is 0 Å². The zero-order valence-corrected chi connectivity index (χ0v) is 14.5. The van der Waals surface area contributed by atoms with Gasteiger partial charge < -0.3 is 15.0 Å². The van der Waals surface area contributed by atoms with Gasteiger partial charge in [0.05, 0.1) is 31.9 Å². The maximum Gasteiger partial charge on any atom is 0.273 e. The molecule has 1 atom stereocenters. The quantitative estimate of drug-likeness (QED) is 0.718. The van der Waals surface area contributed by atoms with Crippen LogP contribution < -0.4 is 5.32 Å². The summed E-state index contributed by atoms with van der Waals surface area (Å²) in [6.45, 7) is 3.51. The number of amides is 2. The molecule has 0 bridgehead atoms. The molecule has 0 spiro atoms.